The number of nitrogens with one attached hydrogen (secondary N) is 1. The second-order valence-electron chi connectivity index (χ2n) is 3.55. The van der Waals surface area contributed by atoms with E-state index >= 15 is 0 Å². The number of Topliss-reactive ketones (excluding diaryl/α,β-unsaturated/α-hetero) is 1. The number of carbonyl (C=O) groups is 2. The first-order valence-electron chi connectivity index (χ1n) is 4.77. The number of aromatic amines is 1. The van der Waals surface area contributed by atoms with Gasteiger partial charge in [0.05, 0.1) is 11.0 Å². The van der Waals surface area contributed by atoms with Gasteiger partial charge in [0.15, 0.2) is 5.78 Å². The van der Waals surface area contributed by atoms with Crippen molar-refractivity contribution < 1.29 is 14.7 Å². The van der Waals surface area contributed by atoms with E-state index in [1.165, 1.54) is 0 Å². The number of aromatic nitrogens is 2. The van der Waals surface area contributed by atoms with Gasteiger partial charge in [0.1, 0.15) is 12.2 Å². The van der Waals surface area contributed by atoms with Gasteiger partial charge < -0.3 is 10.1 Å². The van der Waals surface area contributed by atoms with Gasteiger partial charge in [-0.3, -0.25) is 9.59 Å². The van der Waals surface area contributed by atoms with Crippen molar-refractivity contribution in [3.8, 4) is 0 Å². The third-order valence-electron chi connectivity index (χ3n) is 2.23. The van der Waals surface area contributed by atoms with E-state index in [1.807, 2.05) is 6.92 Å². The monoisotopic (exact) mass is 218 g/mol. The highest BCUT2D eigenvalue weighted by molar-refractivity contribution is 6.06. The number of benzene rings is 1. The first-order valence-corrected chi connectivity index (χ1v) is 4.77. The fourth-order valence-electron chi connectivity index (χ4n) is 1.55. The van der Waals surface area contributed by atoms with Crippen molar-refractivity contribution in [2.24, 2.45) is 0 Å². The lowest BCUT2D eigenvalue weighted by Gasteiger charge is -1.97. The third-order valence-corrected chi connectivity index (χ3v) is 2.23. The average molecular weight is 218 g/mol. The number of fused-ring (bicyclic) bond motifs is 1. The molecule has 0 aliphatic carbocycles. The van der Waals surface area contributed by atoms with Crippen molar-refractivity contribution in [1.82, 2.24) is 9.97 Å². The Morgan fingerprint density at radius 1 is 1.44 bits per heavy atom. The molecule has 0 unspecified atom stereocenters. The maximum absolute atomic E-state index is 11.5. The van der Waals surface area contributed by atoms with Crippen LogP contribution in [0.4, 0.5) is 0 Å². The zero-order valence-corrected chi connectivity index (χ0v) is 8.65. The van der Waals surface area contributed by atoms with Gasteiger partial charge in [-0.25, -0.2) is 4.98 Å². The van der Waals surface area contributed by atoms with E-state index in [2.05, 4.69) is 9.97 Å². The molecule has 1 aromatic heterocycles. The Kier molecular flexibility index (Phi) is 2.44. The van der Waals surface area contributed by atoms with Crippen LogP contribution >= 0.6 is 0 Å². The Morgan fingerprint density at radius 2 is 2.19 bits per heavy atom. The molecular weight excluding hydrogens is 208 g/mol. The number of rotatable bonds is 3. The van der Waals surface area contributed by atoms with Crippen LogP contribution in [0, 0.1) is 6.92 Å². The van der Waals surface area contributed by atoms with Crippen LogP contribution < -0.4 is 0 Å². The van der Waals surface area contributed by atoms with E-state index in [4.69, 9.17) is 5.11 Å². The lowest BCUT2D eigenvalue weighted by atomic mass is 10.1. The second kappa shape index (κ2) is 3.77. The Hall–Kier alpha value is -2.17. The molecule has 2 rings (SSSR count). The van der Waals surface area contributed by atoms with Gasteiger partial charge in [-0.1, -0.05) is 0 Å². The molecule has 82 valence electrons. The van der Waals surface area contributed by atoms with Crippen LogP contribution in [0.25, 0.3) is 11.0 Å². The van der Waals surface area contributed by atoms with Crippen LogP contribution in [0.1, 0.15) is 22.6 Å². The quantitative estimate of drug-likeness (QED) is 0.604. The van der Waals surface area contributed by atoms with Gasteiger partial charge in [-0.05, 0) is 25.1 Å². The van der Waals surface area contributed by atoms with Crippen LogP contribution in [0.5, 0.6) is 0 Å². The molecule has 0 fully saturated rings. The fourth-order valence-corrected chi connectivity index (χ4v) is 1.55. The van der Waals surface area contributed by atoms with Crippen LogP contribution in [0.2, 0.25) is 0 Å². The number of hydrogen-bond donors (Lipinski definition) is 2. The van der Waals surface area contributed by atoms with E-state index in [-0.39, 0.29) is 0 Å². The summed E-state index contributed by atoms with van der Waals surface area (Å²) in [5.41, 5.74) is 1.90. The van der Waals surface area contributed by atoms with Gasteiger partial charge in [0.2, 0.25) is 0 Å². The predicted octanol–water partition coefficient (Wildman–Crippen LogP) is 1.53. The average Bonchev–Trinajstić information content (AvgIpc) is 2.55. The first kappa shape index (κ1) is 10.4. The van der Waals surface area contributed by atoms with Crippen LogP contribution in [-0.2, 0) is 4.79 Å². The number of aliphatic carboxylic acids is 1. The molecule has 1 aromatic carbocycles. The van der Waals surface area contributed by atoms with Crippen LogP contribution in [0.15, 0.2) is 18.2 Å². The van der Waals surface area contributed by atoms with Crippen molar-refractivity contribution in [3.05, 3.63) is 29.6 Å². The van der Waals surface area contributed by atoms with E-state index in [9.17, 15) is 9.59 Å². The van der Waals surface area contributed by atoms with Gasteiger partial charge in [-0.15, -0.1) is 0 Å². The van der Waals surface area contributed by atoms with Crippen molar-refractivity contribution >= 4 is 22.8 Å². The Bertz CT molecular complexity index is 572. The number of hydrogen-bond acceptors (Lipinski definition) is 3. The Morgan fingerprint density at radius 3 is 2.88 bits per heavy atom. The maximum Gasteiger partial charge on any atom is 0.311 e. The second-order valence-corrected chi connectivity index (χ2v) is 3.55. The zero-order chi connectivity index (χ0) is 11.7. The predicted molar refractivity (Wildman–Crippen MR) is 57.4 cm³/mol. The molecule has 0 atom stereocenters. The molecule has 5 heteroatoms. The van der Waals surface area contributed by atoms with Crippen LogP contribution in [-0.4, -0.2) is 26.8 Å². The van der Waals surface area contributed by atoms with Crippen molar-refractivity contribution in [2.75, 3.05) is 0 Å². The Balaban J connectivity index is 2.38. The minimum atomic E-state index is -1.12. The summed E-state index contributed by atoms with van der Waals surface area (Å²) in [6.45, 7) is 1.82. The summed E-state index contributed by atoms with van der Waals surface area (Å²) in [5, 5.41) is 8.52. The molecule has 2 aromatic rings. The molecule has 5 nitrogen and oxygen atoms in total. The van der Waals surface area contributed by atoms with Crippen molar-refractivity contribution in [3.63, 3.8) is 0 Å². The topological polar surface area (TPSA) is 83.1 Å². The smallest absolute Gasteiger partial charge is 0.311 e. The largest absolute Gasteiger partial charge is 0.481 e. The van der Waals surface area contributed by atoms with Gasteiger partial charge >= 0.3 is 5.97 Å². The SMILES string of the molecule is Cc1nc2ccc(C(=O)CC(=O)O)cc2[nH]1. The molecule has 0 aliphatic rings. The Labute approximate surface area is 91.1 Å². The number of H-pyrrole nitrogens is 1. The van der Waals surface area contributed by atoms with Crippen molar-refractivity contribution in [2.45, 2.75) is 13.3 Å². The molecule has 16 heavy (non-hydrogen) atoms. The van der Waals surface area contributed by atoms with E-state index in [0.717, 1.165) is 16.9 Å². The molecule has 0 amide bonds. The number of nitrogens with zero attached hydrogens (tertiary/aromatic N) is 1. The zero-order valence-electron chi connectivity index (χ0n) is 8.65. The standard InChI is InChI=1S/C11H10N2O3/c1-6-12-8-3-2-7(4-9(8)13-6)10(14)5-11(15)16/h2-4H,5H2,1H3,(H,12,13)(H,15,16). The van der Waals surface area contributed by atoms with Crippen LogP contribution in [0.3, 0.4) is 0 Å². The number of carboxylic acids is 1. The number of carbonyl (C=O) groups excluding carboxylic acids is 1. The summed E-state index contributed by atoms with van der Waals surface area (Å²) >= 11 is 0. The van der Waals surface area contributed by atoms with E-state index in [1.54, 1.807) is 18.2 Å². The summed E-state index contributed by atoms with van der Waals surface area (Å²) in [5.74, 6) is -0.759. The normalized spacial score (nSPS) is 10.6. The fraction of sp³-hybridized carbons (Fsp3) is 0.182. The molecule has 1 heterocycles. The summed E-state index contributed by atoms with van der Waals surface area (Å²) in [6, 6.07) is 4.92. The van der Waals surface area contributed by atoms with Gasteiger partial charge in [0.25, 0.3) is 0 Å². The highest BCUT2D eigenvalue weighted by atomic mass is 16.4. The lowest BCUT2D eigenvalue weighted by Crippen LogP contribution is -2.06. The first-order chi connectivity index (χ1) is 7.56. The number of carboxylic acid groups (broad SMARTS) is 1. The highest BCUT2D eigenvalue weighted by Crippen LogP contribution is 2.14. The lowest BCUT2D eigenvalue weighted by molar-refractivity contribution is -0.135. The minimum absolute atomic E-state index is 0.388. The van der Waals surface area contributed by atoms with Gasteiger partial charge in [0, 0.05) is 5.56 Å². The summed E-state index contributed by atoms with van der Waals surface area (Å²) in [7, 11) is 0. The number of ketones is 1. The maximum atomic E-state index is 11.5. The molecule has 0 radical (unpaired) electrons. The third kappa shape index (κ3) is 1.93. The molecule has 0 spiro atoms. The minimum Gasteiger partial charge on any atom is -0.481 e. The molecule has 2 N–H and O–H groups in total. The molecule has 0 bridgehead atoms. The highest BCUT2D eigenvalue weighted by Gasteiger charge is 2.11. The number of aryl methyl sites for hydroxylation is 1. The number of imidazole rings is 1. The molecule has 0 saturated heterocycles. The molecule has 0 saturated carbocycles. The van der Waals surface area contributed by atoms with Crippen molar-refractivity contribution in [1.29, 1.82) is 0 Å². The molecular formula is C11H10N2O3. The van der Waals surface area contributed by atoms with E-state index < -0.39 is 18.2 Å². The van der Waals surface area contributed by atoms with Gasteiger partial charge in [-0.2, -0.15) is 0 Å². The molecule has 0 aliphatic heterocycles. The summed E-state index contributed by atoms with van der Waals surface area (Å²) in [6.07, 6.45) is -0.487. The summed E-state index contributed by atoms with van der Waals surface area (Å²) in [4.78, 5) is 29.1. The van der Waals surface area contributed by atoms with E-state index in [0.29, 0.717) is 5.56 Å². The summed E-state index contributed by atoms with van der Waals surface area (Å²) < 4.78 is 0.